The Morgan fingerprint density at radius 3 is 2.65 bits per heavy atom. The Morgan fingerprint density at radius 2 is 1.96 bits per heavy atom. The highest BCUT2D eigenvalue weighted by atomic mass is 35.5. The molecule has 0 fully saturated rings. The number of pyridine rings is 1. The molecule has 134 valence electrons. The fourth-order valence-corrected chi connectivity index (χ4v) is 2.57. The summed E-state index contributed by atoms with van der Waals surface area (Å²) in [7, 11) is 0. The van der Waals surface area contributed by atoms with E-state index in [0.29, 0.717) is 28.8 Å². The Bertz CT molecular complexity index is 874. The highest BCUT2D eigenvalue weighted by molar-refractivity contribution is 6.30. The lowest BCUT2D eigenvalue weighted by atomic mass is 10.1. The van der Waals surface area contributed by atoms with E-state index < -0.39 is 5.60 Å². The van der Waals surface area contributed by atoms with Gasteiger partial charge in [-0.1, -0.05) is 17.7 Å². The Kier molecular flexibility index (Phi) is 5.28. The molecule has 0 saturated carbocycles. The average molecular weight is 371 g/mol. The summed E-state index contributed by atoms with van der Waals surface area (Å²) in [6.07, 6.45) is 3.28. The number of carbonyl (C=O) groups is 1. The van der Waals surface area contributed by atoms with Crippen LogP contribution in [0, 0.1) is 0 Å². The number of ether oxygens (including phenoxy) is 1. The lowest BCUT2D eigenvalue weighted by molar-refractivity contribution is -0.134. The van der Waals surface area contributed by atoms with Crippen LogP contribution in [0.3, 0.4) is 0 Å². The van der Waals surface area contributed by atoms with Crippen LogP contribution in [-0.2, 0) is 11.3 Å². The van der Waals surface area contributed by atoms with E-state index in [0.717, 1.165) is 5.56 Å². The molecule has 0 unspecified atom stereocenters. The van der Waals surface area contributed by atoms with Crippen molar-refractivity contribution in [3.8, 4) is 17.2 Å². The molecule has 0 aliphatic carbocycles. The molecular formula is C20H19ClN2O3. The topological polar surface area (TPSA) is 64.4 Å². The Labute approximate surface area is 157 Å². The molecule has 0 spiro atoms. The highest BCUT2D eigenvalue weighted by Crippen LogP contribution is 2.23. The lowest BCUT2D eigenvalue weighted by Gasteiger charge is -2.25. The molecule has 1 aromatic carbocycles. The summed E-state index contributed by atoms with van der Waals surface area (Å²) in [4.78, 5) is 16.9. The molecular weight excluding hydrogens is 352 g/mol. The molecule has 6 heteroatoms. The van der Waals surface area contributed by atoms with Gasteiger partial charge in [0.1, 0.15) is 11.4 Å². The van der Waals surface area contributed by atoms with E-state index in [1.165, 1.54) is 0 Å². The lowest BCUT2D eigenvalue weighted by Crippen LogP contribution is -2.46. The Morgan fingerprint density at radius 1 is 1.19 bits per heavy atom. The summed E-state index contributed by atoms with van der Waals surface area (Å²) in [6.45, 7) is 3.75. The monoisotopic (exact) mass is 370 g/mol. The van der Waals surface area contributed by atoms with E-state index in [9.17, 15) is 4.79 Å². The highest BCUT2D eigenvalue weighted by Gasteiger charge is 2.30. The zero-order valence-electron chi connectivity index (χ0n) is 14.5. The third-order valence-electron chi connectivity index (χ3n) is 3.82. The van der Waals surface area contributed by atoms with Gasteiger partial charge in [0.15, 0.2) is 11.4 Å². The second kappa shape index (κ2) is 7.62. The summed E-state index contributed by atoms with van der Waals surface area (Å²) in [5, 5.41) is 3.51. The summed E-state index contributed by atoms with van der Waals surface area (Å²) in [5.74, 6) is 1.00. The smallest absolute Gasteiger partial charge is 0.263 e. The van der Waals surface area contributed by atoms with Crippen molar-refractivity contribution in [1.29, 1.82) is 0 Å². The maximum absolute atomic E-state index is 12.6. The first-order valence-corrected chi connectivity index (χ1v) is 8.54. The molecule has 0 atom stereocenters. The van der Waals surface area contributed by atoms with Crippen molar-refractivity contribution in [2.75, 3.05) is 0 Å². The van der Waals surface area contributed by atoms with Crippen LogP contribution in [0.1, 0.15) is 19.4 Å². The van der Waals surface area contributed by atoms with Crippen molar-refractivity contribution in [2.45, 2.75) is 26.0 Å². The largest absolute Gasteiger partial charge is 0.478 e. The standard InChI is InChI=1S/C20H19ClN2O3/c1-20(2,26-16-9-7-15(21)8-10-16)19(24)23-13-14-5-3-11-22-18(14)17-6-4-12-25-17/h3-12H,13H2,1-2H3,(H,23,24). The quantitative estimate of drug-likeness (QED) is 0.695. The van der Waals surface area contributed by atoms with Crippen molar-refractivity contribution in [2.24, 2.45) is 0 Å². The van der Waals surface area contributed by atoms with Gasteiger partial charge in [-0.3, -0.25) is 9.78 Å². The second-order valence-corrected chi connectivity index (χ2v) is 6.67. The normalized spacial score (nSPS) is 11.2. The van der Waals surface area contributed by atoms with Gasteiger partial charge in [0.2, 0.25) is 0 Å². The maximum Gasteiger partial charge on any atom is 0.263 e. The van der Waals surface area contributed by atoms with Crippen molar-refractivity contribution in [1.82, 2.24) is 10.3 Å². The predicted octanol–water partition coefficient (Wildman–Crippen LogP) is 4.47. The molecule has 0 saturated heterocycles. The summed E-state index contributed by atoms with van der Waals surface area (Å²) in [6, 6.07) is 14.3. The SMILES string of the molecule is CC(C)(Oc1ccc(Cl)cc1)C(=O)NCc1cccnc1-c1ccco1. The van der Waals surface area contributed by atoms with Gasteiger partial charge in [-0.2, -0.15) is 0 Å². The first-order valence-electron chi connectivity index (χ1n) is 8.16. The third-order valence-corrected chi connectivity index (χ3v) is 4.07. The van der Waals surface area contributed by atoms with Crippen molar-refractivity contribution < 1.29 is 13.9 Å². The number of hydrogen-bond donors (Lipinski definition) is 1. The van der Waals surface area contributed by atoms with Crippen LogP contribution >= 0.6 is 11.6 Å². The maximum atomic E-state index is 12.6. The molecule has 1 N–H and O–H groups in total. The number of benzene rings is 1. The van der Waals surface area contributed by atoms with Gasteiger partial charge in [0.05, 0.1) is 6.26 Å². The van der Waals surface area contributed by atoms with Gasteiger partial charge in [-0.05, 0) is 56.3 Å². The number of nitrogens with zero attached hydrogens (tertiary/aromatic N) is 1. The first kappa shape index (κ1) is 18.0. The van der Waals surface area contributed by atoms with E-state index in [-0.39, 0.29) is 5.91 Å². The summed E-state index contributed by atoms with van der Waals surface area (Å²) < 4.78 is 11.2. The van der Waals surface area contributed by atoms with Crippen LogP contribution in [0.2, 0.25) is 5.02 Å². The minimum Gasteiger partial charge on any atom is -0.478 e. The predicted molar refractivity (Wildman–Crippen MR) is 99.9 cm³/mol. The first-order chi connectivity index (χ1) is 12.5. The molecule has 26 heavy (non-hydrogen) atoms. The van der Waals surface area contributed by atoms with Gasteiger partial charge in [0.25, 0.3) is 5.91 Å². The van der Waals surface area contributed by atoms with E-state index in [4.69, 9.17) is 20.8 Å². The molecule has 3 rings (SSSR count). The van der Waals surface area contributed by atoms with Gasteiger partial charge >= 0.3 is 0 Å². The average Bonchev–Trinajstić information content (AvgIpc) is 3.16. The molecule has 2 aromatic heterocycles. The van der Waals surface area contributed by atoms with E-state index in [1.54, 1.807) is 56.6 Å². The molecule has 3 aromatic rings. The van der Waals surface area contributed by atoms with Crippen molar-refractivity contribution in [3.05, 3.63) is 71.6 Å². The number of halogens is 1. The molecule has 5 nitrogen and oxygen atoms in total. The number of carbonyl (C=O) groups excluding carboxylic acids is 1. The van der Waals surface area contributed by atoms with Crippen LogP contribution in [0.15, 0.2) is 65.4 Å². The zero-order valence-corrected chi connectivity index (χ0v) is 15.3. The Balaban J connectivity index is 1.68. The fourth-order valence-electron chi connectivity index (χ4n) is 2.45. The minimum absolute atomic E-state index is 0.235. The molecule has 0 bridgehead atoms. The van der Waals surface area contributed by atoms with Gasteiger partial charge in [-0.15, -0.1) is 0 Å². The van der Waals surface area contributed by atoms with Gasteiger partial charge in [-0.25, -0.2) is 0 Å². The molecule has 1 amide bonds. The molecule has 2 heterocycles. The Hall–Kier alpha value is -2.79. The fraction of sp³-hybridized carbons (Fsp3) is 0.200. The van der Waals surface area contributed by atoms with Gasteiger partial charge < -0.3 is 14.5 Å². The van der Waals surface area contributed by atoms with Crippen LogP contribution in [0.5, 0.6) is 5.75 Å². The minimum atomic E-state index is -1.04. The van der Waals surface area contributed by atoms with E-state index in [1.807, 2.05) is 18.2 Å². The van der Waals surface area contributed by atoms with Crippen molar-refractivity contribution in [3.63, 3.8) is 0 Å². The summed E-state index contributed by atoms with van der Waals surface area (Å²) >= 11 is 5.87. The molecule has 0 aliphatic heterocycles. The van der Waals surface area contributed by atoms with E-state index >= 15 is 0 Å². The number of hydrogen-bond acceptors (Lipinski definition) is 4. The zero-order chi connectivity index (χ0) is 18.6. The number of aromatic nitrogens is 1. The van der Waals surface area contributed by atoms with Gasteiger partial charge in [0, 0.05) is 23.3 Å². The molecule has 0 aliphatic rings. The number of nitrogens with one attached hydrogen (secondary N) is 1. The number of amides is 1. The van der Waals surface area contributed by atoms with Crippen LogP contribution < -0.4 is 10.1 Å². The van der Waals surface area contributed by atoms with Crippen LogP contribution in [0.25, 0.3) is 11.5 Å². The number of rotatable bonds is 6. The van der Waals surface area contributed by atoms with Crippen LogP contribution in [0.4, 0.5) is 0 Å². The summed E-state index contributed by atoms with van der Waals surface area (Å²) in [5.41, 5.74) is 0.522. The van der Waals surface area contributed by atoms with Crippen molar-refractivity contribution >= 4 is 17.5 Å². The third kappa shape index (κ3) is 4.24. The second-order valence-electron chi connectivity index (χ2n) is 6.24. The van der Waals surface area contributed by atoms with E-state index in [2.05, 4.69) is 10.3 Å². The number of furan rings is 1. The van der Waals surface area contributed by atoms with Crippen LogP contribution in [-0.4, -0.2) is 16.5 Å². The molecule has 0 radical (unpaired) electrons.